The molecule has 1 aliphatic carbocycles. The molecule has 0 fully saturated rings. The summed E-state index contributed by atoms with van der Waals surface area (Å²) < 4.78 is 0. The monoisotopic (exact) mass is 372 g/mol. The topological polar surface area (TPSA) is 28.7 Å². The Kier molecular flexibility index (Phi) is 3.63. The van der Waals surface area contributed by atoms with Crippen molar-refractivity contribution in [3.63, 3.8) is 0 Å². The zero-order chi connectivity index (χ0) is 19.2. The largest absolute Gasteiger partial charge is 0.337 e. The molecule has 29 heavy (non-hydrogen) atoms. The molecule has 0 bridgehead atoms. The lowest BCUT2D eigenvalue weighted by molar-refractivity contribution is 1.02. The smallest absolute Gasteiger partial charge is 0.139 e. The predicted octanol–water partition coefficient (Wildman–Crippen LogP) is 6.66. The molecule has 6 rings (SSSR count). The minimum absolute atomic E-state index is 0.929. The SMILES string of the molecule is c1ccc(-c2nc(-c3ccc4c5c(cccc35)CC4)[nH]c2-c2ccccc2)cc1. The summed E-state index contributed by atoms with van der Waals surface area (Å²) in [6, 6.07) is 32.1. The van der Waals surface area contributed by atoms with Gasteiger partial charge in [-0.1, -0.05) is 91.0 Å². The second-order valence-corrected chi connectivity index (χ2v) is 7.65. The highest BCUT2D eigenvalue weighted by Gasteiger charge is 2.20. The van der Waals surface area contributed by atoms with Crippen LogP contribution in [-0.4, -0.2) is 9.97 Å². The van der Waals surface area contributed by atoms with E-state index in [-0.39, 0.29) is 0 Å². The van der Waals surface area contributed by atoms with Crippen molar-refractivity contribution < 1.29 is 0 Å². The van der Waals surface area contributed by atoms with Gasteiger partial charge in [-0.25, -0.2) is 4.98 Å². The number of H-pyrrole nitrogens is 1. The molecule has 5 aromatic rings. The van der Waals surface area contributed by atoms with Crippen LogP contribution in [0.25, 0.3) is 44.7 Å². The fraction of sp³-hybridized carbons (Fsp3) is 0.0741. The molecule has 1 aromatic heterocycles. The van der Waals surface area contributed by atoms with Crippen LogP contribution in [0.5, 0.6) is 0 Å². The fourth-order valence-corrected chi connectivity index (χ4v) is 4.57. The molecule has 1 N–H and O–H groups in total. The zero-order valence-electron chi connectivity index (χ0n) is 16.0. The van der Waals surface area contributed by atoms with E-state index in [9.17, 15) is 0 Å². The number of nitrogens with zero attached hydrogens (tertiary/aromatic N) is 1. The van der Waals surface area contributed by atoms with Crippen LogP contribution >= 0.6 is 0 Å². The van der Waals surface area contributed by atoms with E-state index in [2.05, 4.69) is 83.8 Å². The second kappa shape index (κ2) is 6.46. The van der Waals surface area contributed by atoms with E-state index in [0.717, 1.165) is 41.2 Å². The van der Waals surface area contributed by atoms with Crippen molar-refractivity contribution in [1.82, 2.24) is 9.97 Å². The molecule has 0 aliphatic heterocycles. The number of aromatic nitrogens is 2. The first-order chi connectivity index (χ1) is 14.4. The highest BCUT2D eigenvalue weighted by atomic mass is 14.9. The van der Waals surface area contributed by atoms with E-state index in [0.29, 0.717) is 0 Å². The molecule has 138 valence electrons. The van der Waals surface area contributed by atoms with E-state index >= 15 is 0 Å². The first-order valence-electron chi connectivity index (χ1n) is 10.1. The third-order valence-electron chi connectivity index (χ3n) is 5.95. The zero-order valence-corrected chi connectivity index (χ0v) is 16.0. The van der Waals surface area contributed by atoms with E-state index < -0.39 is 0 Å². The maximum atomic E-state index is 5.10. The molecule has 0 saturated heterocycles. The van der Waals surface area contributed by atoms with Crippen molar-refractivity contribution in [2.24, 2.45) is 0 Å². The van der Waals surface area contributed by atoms with Crippen LogP contribution in [0.2, 0.25) is 0 Å². The lowest BCUT2D eigenvalue weighted by atomic mass is 9.99. The van der Waals surface area contributed by atoms with Crippen molar-refractivity contribution in [1.29, 1.82) is 0 Å². The van der Waals surface area contributed by atoms with Crippen LogP contribution in [0.15, 0.2) is 91.0 Å². The van der Waals surface area contributed by atoms with Crippen LogP contribution in [0.4, 0.5) is 0 Å². The predicted molar refractivity (Wildman–Crippen MR) is 120 cm³/mol. The van der Waals surface area contributed by atoms with Gasteiger partial charge < -0.3 is 4.98 Å². The highest BCUT2D eigenvalue weighted by molar-refractivity contribution is 6.01. The molecule has 0 amide bonds. The summed E-state index contributed by atoms with van der Waals surface area (Å²) >= 11 is 0. The number of rotatable bonds is 3. The number of aryl methyl sites for hydroxylation is 2. The summed E-state index contributed by atoms with van der Waals surface area (Å²) in [5, 5.41) is 2.72. The quantitative estimate of drug-likeness (QED) is 0.377. The number of nitrogens with one attached hydrogen (secondary N) is 1. The lowest BCUT2D eigenvalue weighted by Gasteiger charge is -2.07. The van der Waals surface area contributed by atoms with Gasteiger partial charge in [-0.2, -0.15) is 0 Å². The van der Waals surface area contributed by atoms with Crippen LogP contribution in [0, 0.1) is 0 Å². The molecular formula is C27H20N2. The standard InChI is InChI=1S/C27H20N2/c1-3-8-20(9-4-1)25-26(21-10-5-2-6-11-21)29-27(28-25)23-17-16-19-15-14-18-12-7-13-22(23)24(18)19/h1-13,16-17H,14-15H2,(H,28,29). The van der Waals surface area contributed by atoms with Gasteiger partial charge in [0.05, 0.1) is 11.4 Å². The van der Waals surface area contributed by atoms with Gasteiger partial charge in [-0.15, -0.1) is 0 Å². The maximum absolute atomic E-state index is 5.10. The molecule has 0 radical (unpaired) electrons. The number of hydrogen-bond donors (Lipinski definition) is 1. The third-order valence-corrected chi connectivity index (χ3v) is 5.95. The Morgan fingerprint density at radius 1 is 0.621 bits per heavy atom. The molecule has 0 unspecified atom stereocenters. The lowest BCUT2D eigenvalue weighted by Crippen LogP contribution is -1.87. The van der Waals surface area contributed by atoms with Gasteiger partial charge in [0.1, 0.15) is 5.82 Å². The van der Waals surface area contributed by atoms with Crippen molar-refractivity contribution >= 4 is 10.8 Å². The van der Waals surface area contributed by atoms with E-state index in [1.807, 2.05) is 12.1 Å². The van der Waals surface area contributed by atoms with Gasteiger partial charge in [-0.3, -0.25) is 0 Å². The van der Waals surface area contributed by atoms with Crippen LogP contribution in [0.3, 0.4) is 0 Å². The molecule has 0 saturated carbocycles. The van der Waals surface area contributed by atoms with Gasteiger partial charge in [0.25, 0.3) is 0 Å². The summed E-state index contributed by atoms with van der Waals surface area (Å²) in [5.74, 6) is 0.929. The van der Waals surface area contributed by atoms with Gasteiger partial charge >= 0.3 is 0 Å². The maximum Gasteiger partial charge on any atom is 0.139 e. The number of aromatic amines is 1. The van der Waals surface area contributed by atoms with E-state index in [1.165, 1.54) is 27.5 Å². The number of benzene rings is 4. The fourth-order valence-electron chi connectivity index (χ4n) is 4.57. The normalized spacial score (nSPS) is 12.6. The minimum Gasteiger partial charge on any atom is -0.337 e. The molecule has 1 heterocycles. The summed E-state index contributed by atoms with van der Waals surface area (Å²) in [4.78, 5) is 8.75. The first-order valence-corrected chi connectivity index (χ1v) is 10.1. The van der Waals surface area contributed by atoms with Crippen LogP contribution in [-0.2, 0) is 12.8 Å². The molecular weight excluding hydrogens is 352 g/mol. The van der Waals surface area contributed by atoms with Crippen molar-refractivity contribution in [3.05, 3.63) is 102 Å². The Bertz CT molecular complexity index is 1260. The molecule has 0 spiro atoms. The minimum atomic E-state index is 0.929. The molecule has 0 atom stereocenters. The Hall–Kier alpha value is -3.65. The summed E-state index contributed by atoms with van der Waals surface area (Å²) in [6.45, 7) is 0. The Balaban J connectivity index is 1.61. The number of imidazole rings is 1. The summed E-state index contributed by atoms with van der Waals surface area (Å²) in [7, 11) is 0. The van der Waals surface area contributed by atoms with E-state index in [4.69, 9.17) is 4.98 Å². The second-order valence-electron chi connectivity index (χ2n) is 7.65. The third kappa shape index (κ3) is 2.60. The van der Waals surface area contributed by atoms with Crippen LogP contribution in [0.1, 0.15) is 11.1 Å². The molecule has 1 aliphatic rings. The van der Waals surface area contributed by atoms with Gasteiger partial charge in [0.15, 0.2) is 0 Å². The number of hydrogen-bond acceptors (Lipinski definition) is 1. The Morgan fingerprint density at radius 3 is 2.07 bits per heavy atom. The van der Waals surface area contributed by atoms with Crippen molar-refractivity contribution in [2.45, 2.75) is 12.8 Å². The van der Waals surface area contributed by atoms with Crippen molar-refractivity contribution in [3.8, 4) is 33.9 Å². The molecule has 2 heteroatoms. The summed E-state index contributed by atoms with van der Waals surface area (Å²) in [6.07, 6.45) is 2.28. The van der Waals surface area contributed by atoms with Gasteiger partial charge in [0, 0.05) is 16.7 Å². The average Bonchev–Trinajstić information content (AvgIpc) is 3.42. The first kappa shape index (κ1) is 16.3. The molecule has 4 aromatic carbocycles. The highest BCUT2D eigenvalue weighted by Crippen LogP contribution is 2.38. The average molecular weight is 372 g/mol. The Morgan fingerprint density at radius 2 is 1.31 bits per heavy atom. The van der Waals surface area contributed by atoms with Gasteiger partial charge in [0.2, 0.25) is 0 Å². The van der Waals surface area contributed by atoms with Crippen LogP contribution < -0.4 is 0 Å². The summed E-state index contributed by atoms with van der Waals surface area (Å²) in [5.41, 5.74) is 8.42. The Labute approximate surface area is 169 Å². The van der Waals surface area contributed by atoms with Gasteiger partial charge in [-0.05, 0) is 34.7 Å². The van der Waals surface area contributed by atoms with Crippen molar-refractivity contribution in [2.75, 3.05) is 0 Å². The van der Waals surface area contributed by atoms with E-state index in [1.54, 1.807) is 0 Å². The molecule has 2 nitrogen and oxygen atoms in total.